The standard InChI is InChI=1S/C6H10O4/c1-5(8)2-3-6(9)10-4-7/h4-5,8H,2-3H2,1H3. The quantitative estimate of drug-likeness (QED) is 0.340. The third kappa shape index (κ3) is 5.24. The third-order valence-electron chi connectivity index (χ3n) is 0.946. The summed E-state index contributed by atoms with van der Waals surface area (Å²) in [6.45, 7) is 1.65. The second kappa shape index (κ2) is 4.93. The van der Waals surface area contributed by atoms with Crippen LogP contribution in [0.2, 0.25) is 0 Å². The molecule has 1 atom stereocenters. The molecule has 0 saturated carbocycles. The summed E-state index contributed by atoms with van der Waals surface area (Å²) in [5.41, 5.74) is 0. The molecule has 0 spiro atoms. The van der Waals surface area contributed by atoms with Gasteiger partial charge in [0.25, 0.3) is 0 Å². The van der Waals surface area contributed by atoms with E-state index in [-0.39, 0.29) is 12.9 Å². The van der Waals surface area contributed by atoms with E-state index in [4.69, 9.17) is 5.11 Å². The Morgan fingerprint density at radius 3 is 2.80 bits per heavy atom. The van der Waals surface area contributed by atoms with E-state index in [2.05, 4.69) is 4.74 Å². The van der Waals surface area contributed by atoms with Gasteiger partial charge in [0.2, 0.25) is 0 Å². The fourth-order valence-corrected chi connectivity index (χ4v) is 0.439. The lowest BCUT2D eigenvalue weighted by Gasteiger charge is -1.99. The predicted molar refractivity (Wildman–Crippen MR) is 33.1 cm³/mol. The Bertz CT molecular complexity index is 119. The van der Waals surface area contributed by atoms with Gasteiger partial charge in [-0.15, -0.1) is 0 Å². The molecular weight excluding hydrogens is 136 g/mol. The Morgan fingerprint density at radius 2 is 2.40 bits per heavy atom. The third-order valence-corrected chi connectivity index (χ3v) is 0.946. The van der Waals surface area contributed by atoms with Crippen molar-refractivity contribution >= 4 is 12.4 Å². The molecule has 0 amide bonds. The molecule has 0 aromatic carbocycles. The van der Waals surface area contributed by atoms with Crippen LogP contribution in [0.3, 0.4) is 0 Å². The molecule has 0 bridgehead atoms. The number of hydrogen-bond acceptors (Lipinski definition) is 4. The monoisotopic (exact) mass is 146 g/mol. The summed E-state index contributed by atoms with van der Waals surface area (Å²) in [7, 11) is 0. The minimum absolute atomic E-state index is 0.0798. The van der Waals surface area contributed by atoms with Crippen molar-refractivity contribution in [2.45, 2.75) is 25.9 Å². The van der Waals surface area contributed by atoms with Gasteiger partial charge in [-0.3, -0.25) is 9.59 Å². The summed E-state index contributed by atoms with van der Waals surface area (Å²) in [6.07, 6.45) is -0.123. The highest BCUT2D eigenvalue weighted by molar-refractivity contribution is 5.76. The summed E-state index contributed by atoms with van der Waals surface area (Å²) in [6, 6.07) is 0. The highest BCUT2D eigenvalue weighted by Crippen LogP contribution is 1.96. The van der Waals surface area contributed by atoms with Gasteiger partial charge in [0.15, 0.2) is 0 Å². The molecule has 0 rings (SSSR count). The van der Waals surface area contributed by atoms with E-state index in [1.165, 1.54) is 0 Å². The molecule has 0 heterocycles. The van der Waals surface area contributed by atoms with Gasteiger partial charge in [-0.05, 0) is 13.3 Å². The van der Waals surface area contributed by atoms with Crippen LogP contribution in [0.15, 0.2) is 0 Å². The van der Waals surface area contributed by atoms with Crippen LogP contribution in [0.25, 0.3) is 0 Å². The number of aliphatic hydroxyl groups is 1. The largest absolute Gasteiger partial charge is 0.395 e. The van der Waals surface area contributed by atoms with Crippen LogP contribution in [0, 0.1) is 0 Å². The van der Waals surface area contributed by atoms with Crippen LogP contribution < -0.4 is 0 Å². The molecule has 0 aromatic rings. The molecule has 0 aliphatic heterocycles. The Kier molecular flexibility index (Phi) is 4.49. The van der Waals surface area contributed by atoms with Crippen molar-refractivity contribution in [3.05, 3.63) is 0 Å². The van der Waals surface area contributed by atoms with Crippen molar-refractivity contribution in [2.75, 3.05) is 0 Å². The minimum atomic E-state index is -0.601. The Morgan fingerprint density at radius 1 is 1.80 bits per heavy atom. The van der Waals surface area contributed by atoms with Gasteiger partial charge in [0.1, 0.15) is 0 Å². The number of esters is 1. The van der Waals surface area contributed by atoms with E-state index in [1.807, 2.05) is 0 Å². The maximum Gasteiger partial charge on any atom is 0.313 e. The molecule has 0 saturated heterocycles. The predicted octanol–water partition coefficient (Wildman–Crippen LogP) is -0.153. The zero-order chi connectivity index (χ0) is 7.98. The summed E-state index contributed by atoms with van der Waals surface area (Å²) < 4.78 is 3.96. The number of ether oxygens (including phenoxy) is 1. The minimum Gasteiger partial charge on any atom is -0.395 e. The highest BCUT2D eigenvalue weighted by atomic mass is 16.6. The van der Waals surface area contributed by atoms with Gasteiger partial charge in [0, 0.05) is 6.42 Å². The number of rotatable bonds is 4. The van der Waals surface area contributed by atoms with E-state index >= 15 is 0 Å². The summed E-state index contributed by atoms with van der Waals surface area (Å²) in [4.78, 5) is 19.9. The van der Waals surface area contributed by atoms with Crippen LogP contribution in [0.4, 0.5) is 0 Å². The first-order chi connectivity index (χ1) is 4.66. The van der Waals surface area contributed by atoms with Gasteiger partial charge in [-0.2, -0.15) is 0 Å². The highest BCUT2D eigenvalue weighted by Gasteiger charge is 2.03. The Labute approximate surface area is 58.8 Å². The Balaban J connectivity index is 3.30. The first-order valence-corrected chi connectivity index (χ1v) is 2.98. The van der Waals surface area contributed by atoms with E-state index in [1.54, 1.807) is 6.92 Å². The lowest BCUT2D eigenvalue weighted by molar-refractivity contribution is -0.151. The number of hydrogen-bond donors (Lipinski definition) is 1. The first kappa shape index (κ1) is 9.10. The van der Waals surface area contributed by atoms with Crippen LogP contribution in [0.1, 0.15) is 19.8 Å². The van der Waals surface area contributed by atoms with Crippen LogP contribution >= 0.6 is 0 Å². The van der Waals surface area contributed by atoms with E-state index < -0.39 is 12.1 Å². The normalized spacial score (nSPS) is 12.2. The molecule has 1 N–H and O–H groups in total. The SMILES string of the molecule is CC(O)CCC(=O)OC=O. The summed E-state index contributed by atoms with van der Waals surface area (Å²) in [5, 5.41) is 8.67. The van der Waals surface area contributed by atoms with Crippen LogP contribution in [-0.2, 0) is 14.3 Å². The number of carbonyl (C=O) groups is 2. The fraction of sp³-hybridized carbons (Fsp3) is 0.667. The zero-order valence-electron chi connectivity index (χ0n) is 5.74. The maximum absolute atomic E-state index is 10.4. The molecule has 4 nitrogen and oxygen atoms in total. The molecule has 0 aromatic heterocycles. The molecule has 58 valence electrons. The molecule has 0 aliphatic carbocycles. The average molecular weight is 146 g/mol. The lowest BCUT2D eigenvalue weighted by Crippen LogP contribution is -2.07. The van der Waals surface area contributed by atoms with Gasteiger partial charge >= 0.3 is 12.4 Å². The van der Waals surface area contributed by atoms with E-state index in [0.717, 1.165) is 0 Å². The molecule has 4 heteroatoms. The molecule has 0 fully saturated rings. The summed E-state index contributed by atoms with van der Waals surface area (Å²) in [5.74, 6) is -0.601. The van der Waals surface area contributed by atoms with E-state index in [9.17, 15) is 9.59 Å². The smallest absolute Gasteiger partial charge is 0.313 e. The summed E-state index contributed by atoms with van der Waals surface area (Å²) >= 11 is 0. The van der Waals surface area contributed by atoms with Gasteiger partial charge in [-0.1, -0.05) is 0 Å². The molecule has 0 aliphatic rings. The van der Waals surface area contributed by atoms with Crippen LogP contribution in [0.5, 0.6) is 0 Å². The first-order valence-electron chi connectivity index (χ1n) is 2.98. The van der Waals surface area contributed by atoms with Gasteiger partial charge in [-0.25, -0.2) is 0 Å². The second-order valence-corrected chi connectivity index (χ2v) is 1.97. The molecule has 10 heavy (non-hydrogen) atoms. The number of carbonyl (C=O) groups excluding carboxylic acids is 2. The van der Waals surface area contributed by atoms with E-state index in [0.29, 0.717) is 6.42 Å². The van der Waals surface area contributed by atoms with Crippen molar-refractivity contribution in [3.8, 4) is 0 Å². The van der Waals surface area contributed by atoms with Crippen molar-refractivity contribution in [3.63, 3.8) is 0 Å². The molecule has 1 unspecified atom stereocenters. The van der Waals surface area contributed by atoms with Crippen molar-refractivity contribution in [1.82, 2.24) is 0 Å². The van der Waals surface area contributed by atoms with Crippen molar-refractivity contribution < 1.29 is 19.4 Å². The van der Waals surface area contributed by atoms with Crippen molar-refractivity contribution in [1.29, 1.82) is 0 Å². The van der Waals surface area contributed by atoms with Crippen LogP contribution in [-0.4, -0.2) is 23.7 Å². The number of aliphatic hydroxyl groups excluding tert-OH is 1. The lowest BCUT2D eigenvalue weighted by atomic mass is 10.2. The maximum atomic E-state index is 10.4. The van der Waals surface area contributed by atoms with Gasteiger partial charge < -0.3 is 9.84 Å². The second-order valence-electron chi connectivity index (χ2n) is 1.97. The fourth-order valence-electron chi connectivity index (χ4n) is 0.439. The van der Waals surface area contributed by atoms with Gasteiger partial charge in [0.05, 0.1) is 6.10 Å². The Hall–Kier alpha value is -0.900. The zero-order valence-corrected chi connectivity index (χ0v) is 5.74. The molecular formula is C6H10O4. The molecule has 0 radical (unpaired) electrons. The topological polar surface area (TPSA) is 63.6 Å². The average Bonchev–Trinajstić information content (AvgIpc) is 1.85. The van der Waals surface area contributed by atoms with Crippen molar-refractivity contribution in [2.24, 2.45) is 0 Å².